The summed E-state index contributed by atoms with van der Waals surface area (Å²) < 4.78 is 0. The lowest BCUT2D eigenvalue weighted by atomic mass is 9.96. The number of nitrogens with zero attached hydrogens (tertiary/aromatic N) is 2. The topological polar surface area (TPSA) is 23.6 Å². The van der Waals surface area contributed by atoms with E-state index in [-0.39, 0.29) is 11.9 Å². The molecule has 3 aromatic carbocycles. The van der Waals surface area contributed by atoms with Gasteiger partial charge in [0.15, 0.2) is 0 Å². The minimum atomic E-state index is -0.0931. The average Bonchev–Trinajstić information content (AvgIpc) is 2.80. The van der Waals surface area contributed by atoms with E-state index in [1.165, 1.54) is 11.1 Å². The molecular weight excluding hydrogens is 356 g/mol. The molecule has 0 saturated carbocycles. The average molecular weight is 380 g/mol. The van der Waals surface area contributed by atoms with Crippen LogP contribution in [0.1, 0.15) is 22.7 Å². The molecule has 0 aromatic heterocycles. The summed E-state index contributed by atoms with van der Waals surface area (Å²) >= 11 is 0. The second-order valence-corrected chi connectivity index (χ2v) is 7.17. The predicted octanol–water partition coefficient (Wildman–Crippen LogP) is 3.97. The fourth-order valence-electron chi connectivity index (χ4n) is 3.79. The van der Waals surface area contributed by atoms with Gasteiger partial charge in [-0.15, -0.1) is 0 Å². The Balaban J connectivity index is 1.46. The molecule has 4 rings (SSSR count). The van der Waals surface area contributed by atoms with Crippen LogP contribution < -0.4 is 0 Å². The molecule has 0 bridgehead atoms. The molecule has 1 aliphatic heterocycles. The van der Waals surface area contributed by atoms with Gasteiger partial charge >= 0.3 is 0 Å². The fourth-order valence-corrected chi connectivity index (χ4v) is 3.79. The van der Waals surface area contributed by atoms with Crippen molar-refractivity contribution in [1.29, 1.82) is 0 Å². The molecule has 1 amide bonds. The van der Waals surface area contributed by atoms with Gasteiger partial charge in [-0.05, 0) is 23.3 Å². The second kappa shape index (κ2) is 9.23. The van der Waals surface area contributed by atoms with E-state index in [0.29, 0.717) is 13.1 Å². The number of benzene rings is 3. The van der Waals surface area contributed by atoms with E-state index in [1.807, 2.05) is 47.4 Å². The summed E-state index contributed by atoms with van der Waals surface area (Å²) in [6, 6.07) is 31.0. The molecule has 3 heteroatoms. The van der Waals surface area contributed by atoms with E-state index in [9.17, 15) is 4.79 Å². The quantitative estimate of drug-likeness (QED) is 0.642. The smallest absolute Gasteiger partial charge is 0.298 e. The van der Waals surface area contributed by atoms with Crippen molar-refractivity contribution in [3.05, 3.63) is 108 Å². The Morgan fingerprint density at radius 3 is 1.69 bits per heavy atom. The van der Waals surface area contributed by atoms with Crippen molar-refractivity contribution in [3.8, 4) is 11.8 Å². The number of carbonyl (C=O) groups is 1. The lowest BCUT2D eigenvalue weighted by Gasteiger charge is -2.39. The van der Waals surface area contributed by atoms with Crippen molar-refractivity contribution in [2.45, 2.75) is 6.04 Å². The van der Waals surface area contributed by atoms with Gasteiger partial charge in [-0.25, -0.2) is 0 Å². The Bertz CT molecular complexity index is 943. The first-order valence-corrected chi connectivity index (χ1v) is 10.0. The largest absolute Gasteiger partial charge is 0.329 e. The maximum atomic E-state index is 12.5. The minimum Gasteiger partial charge on any atom is -0.329 e. The Hall–Kier alpha value is -3.35. The van der Waals surface area contributed by atoms with Gasteiger partial charge in [-0.1, -0.05) is 84.8 Å². The molecule has 0 atom stereocenters. The molecule has 3 nitrogen and oxygen atoms in total. The van der Waals surface area contributed by atoms with Crippen LogP contribution in [0.5, 0.6) is 0 Å². The zero-order valence-corrected chi connectivity index (χ0v) is 16.4. The van der Waals surface area contributed by atoms with E-state index in [4.69, 9.17) is 0 Å². The highest BCUT2D eigenvalue weighted by Crippen LogP contribution is 2.29. The second-order valence-electron chi connectivity index (χ2n) is 7.17. The molecule has 144 valence electrons. The standard InChI is InChI=1S/C26H24N2O/c29-25(17-16-22-10-4-1-5-11-22)27-18-20-28(21-19-27)26(23-12-6-2-7-13-23)24-14-8-3-9-15-24/h1-15,26H,18-21H2. The number of piperazine rings is 1. The third kappa shape index (κ3) is 4.74. The molecular formula is C26H24N2O. The molecule has 1 fully saturated rings. The first kappa shape index (κ1) is 19.0. The van der Waals surface area contributed by atoms with E-state index in [1.54, 1.807) is 0 Å². The predicted molar refractivity (Wildman–Crippen MR) is 116 cm³/mol. The maximum absolute atomic E-state index is 12.5. The minimum absolute atomic E-state index is 0.0931. The molecule has 1 aliphatic rings. The molecule has 29 heavy (non-hydrogen) atoms. The van der Waals surface area contributed by atoms with Gasteiger partial charge in [0.25, 0.3) is 5.91 Å². The lowest BCUT2D eigenvalue weighted by Crippen LogP contribution is -2.49. The highest BCUT2D eigenvalue weighted by molar-refractivity contribution is 5.94. The van der Waals surface area contributed by atoms with Crippen LogP contribution >= 0.6 is 0 Å². The Morgan fingerprint density at radius 2 is 1.17 bits per heavy atom. The maximum Gasteiger partial charge on any atom is 0.298 e. The van der Waals surface area contributed by atoms with E-state index < -0.39 is 0 Å². The summed E-state index contributed by atoms with van der Waals surface area (Å²) in [7, 11) is 0. The zero-order valence-electron chi connectivity index (χ0n) is 16.4. The summed E-state index contributed by atoms with van der Waals surface area (Å²) in [5.74, 6) is 5.67. The molecule has 0 unspecified atom stereocenters. The van der Waals surface area contributed by atoms with Crippen LogP contribution in [0.3, 0.4) is 0 Å². The van der Waals surface area contributed by atoms with Crippen molar-refractivity contribution in [1.82, 2.24) is 9.80 Å². The molecule has 1 saturated heterocycles. The molecule has 0 spiro atoms. The number of rotatable bonds is 3. The number of hydrogen-bond acceptors (Lipinski definition) is 2. The summed E-state index contributed by atoms with van der Waals surface area (Å²) in [5, 5.41) is 0. The summed E-state index contributed by atoms with van der Waals surface area (Å²) in [5.41, 5.74) is 3.43. The van der Waals surface area contributed by atoms with Crippen molar-refractivity contribution in [2.75, 3.05) is 26.2 Å². The zero-order chi connectivity index (χ0) is 19.9. The molecule has 0 radical (unpaired) electrons. The van der Waals surface area contributed by atoms with E-state index >= 15 is 0 Å². The summed E-state index contributed by atoms with van der Waals surface area (Å²) in [6.45, 7) is 3.04. The SMILES string of the molecule is O=C(C#Cc1ccccc1)N1CCN(C(c2ccccc2)c2ccccc2)CC1. The van der Waals surface area contributed by atoms with Gasteiger partial charge in [0.05, 0.1) is 6.04 Å². The monoisotopic (exact) mass is 380 g/mol. The summed E-state index contributed by atoms with van der Waals surface area (Å²) in [6.07, 6.45) is 0. The van der Waals surface area contributed by atoms with Crippen molar-refractivity contribution < 1.29 is 4.79 Å². The molecule has 0 aliphatic carbocycles. The van der Waals surface area contributed by atoms with Crippen LogP contribution in [0.2, 0.25) is 0 Å². The van der Waals surface area contributed by atoms with Gasteiger partial charge < -0.3 is 4.90 Å². The number of amides is 1. The van der Waals surface area contributed by atoms with Crippen LogP contribution in [0.4, 0.5) is 0 Å². The third-order valence-electron chi connectivity index (χ3n) is 5.28. The van der Waals surface area contributed by atoms with Crippen molar-refractivity contribution >= 4 is 5.91 Å². The highest BCUT2D eigenvalue weighted by atomic mass is 16.2. The van der Waals surface area contributed by atoms with Crippen LogP contribution in [0, 0.1) is 11.8 Å². The Kier molecular flexibility index (Phi) is 6.04. The van der Waals surface area contributed by atoms with Crippen LogP contribution in [-0.4, -0.2) is 41.9 Å². The van der Waals surface area contributed by atoms with Crippen LogP contribution in [-0.2, 0) is 4.79 Å². The lowest BCUT2D eigenvalue weighted by molar-refractivity contribution is -0.127. The van der Waals surface area contributed by atoms with Gasteiger partial charge in [0, 0.05) is 37.7 Å². The van der Waals surface area contributed by atoms with Crippen LogP contribution in [0.25, 0.3) is 0 Å². The first-order valence-electron chi connectivity index (χ1n) is 10.0. The van der Waals surface area contributed by atoms with Gasteiger partial charge in [-0.3, -0.25) is 9.69 Å². The van der Waals surface area contributed by atoms with Gasteiger partial charge in [0.2, 0.25) is 0 Å². The Labute approximate surface area is 172 Å². The third-order valence-corrected chi connectivity index (χ3v) is 5.28. The van der Waals surface area contributed by atoms with Crippen LogP contribution in [0.15, 0.2) is 91.0 Å². The van der Waals surface area contributed by atoms with Crippen molar-refractivity contribution in [3.63, 3.8) is 0 Å². The van der Waals surface area contributed by atoms with E-state index in [0.717, 1.165) is 18.7 Å². The Morgan fingerprint density at radius 1 is 0.690 bits per heavy atom. The molecule has 3 aromatic rings. The highest BCUT2D eigenvalue weighted by Gasteiger charge is 2.27. The van der Waals surface area contributed by atoms with E-state index in [2.05, 4.69) is 65.3 Å². The number of hydrogen-bond donors (Lipinski definition) is 0. The number of carbonyl (C=O) groups excluding carboxylic acids is 1. The molecule has 0 N–H and O–H groups in total. The molecule has 1 heterocycles. The summed E-state index contributed by atoms with van der Waals surface area (Å²) in [4.78, 5) is 16.8. The van der Waals surface area contributed by atoms with Gasteiger partial charge in [0.1, 0.15) is 0 Å². The first-order chi connectivity index (χ1) is 14.3. The normalized spacial score (nSPS) is 14.3. The van der Waals surface area contributed by atoms with Gasteiger partial charge in [-0.2, -0.15) is 0 Å². The van der Waals surface area contributed by atoms with Crippen molar-refractivity contribution in [2.24, 2.45) is 0 Å². The fraction of sp³-hybridized carbons (Fsp3) is 0.192.